The molecular weight excluding hydrogens is 612 g/mol. The average molecular weight is 661 g/mol. The van der Waals surface area contributed by atoms with E-state index in [1.807, 2.05) is 0 Å². The van der Waals surface area contributed by atoms with Crippen LogP contribution in [0.4, 0.5) is 0 Å². The van der Waals surface area contributed by atoms with Crippen molar-refractivity contribution in [3.05, 3.63) is 0 Å². The monoisotopic (exact) mass is 660 g/mol. The highest BCUT2D eigenvalue weighted by Crippen LogP contribution is 2.43. The molecule has 12 unspecified atom stereocenters. The summed E-state index contributed by atoms with van der Waals surface area (Å²) < 4.78 is 46.0. The molecule has 8 rings (SSSR count). The lowest BCUT2D eigenvalue weighted by atomic mass is 9.82. The quantitative estimate of drug-likeness (QED) is 0.153. The summed E-state index contributed by atoms with van der Waals surface area (Å²) in [6.07, 6.45) is 11.2. The van der Waals surface area contributed by atoms with E-state index >= 15 is 0 Å². The van der Waals surface area contributed by atoms with Crippen molar-refractivity contribution >= 4 is 23.9 Å². The highest BCUT2D eigenvalue weighted by molar-refractivity contribution is 5.74. The van der Waals surface area contributed by atoms with E-state index < -0.39 is 5.41 Å². The lowest BCUT2D eigenvalue weighted by molar-refractivity contribution is -0.166. The van der Waals surface area contributed by atoms with Crippen molar-refractivity contribution in [1.29, 1.82) is 0 Å². The number of esters is 4. The number of fused-ring (bicyclic) bond motifs is 4. The second-order valence-corrected chi connectivity index (χ2v) is 15.4. The molecule has 12 atom stereocenters. The highest BCUT2D eigenvalue weighted by atomic mass is 16.6. The van der Waals surface area contributed by atoms with Crippen LogP contribution in [0.15, 0.2) is 0 Å². The molecule has 4 aliphatic heterocycles. The number of ether oxygens (including phenoxy) is 8. The molecule has 12 nitrogen and oxygen atoms in total. The first-order valence-electron chi connectivity index (χ1n) is 18.1. The Balaban J connectivity index is 0.927. The molecule has 0 spiro atoms. The third kappa shape index (κ3) is 7.65. The molecule has 0 aromatic heterocycles. The van der Waals surface area contributed by atoms with Crippen LogP contribution in [-0.4, -0.2) is 99.1 Å². The topological polar surface area (TPSA) is 155 Å². The van der Waals surface area contributed by atoms with Gasteiger partial charge in [-0.25, -0.2) is 0 Å². The number of rotatable bonds is 14. The van der Waals surface area contributed by atoms with Crippen molar-refractivity contribution in [3.8, 4) is 0 Å². The second-order valence-electron chi connectivity index (χ2n) is 15.4. The minimum Gasteiger partial charge on any atom is -0.465 e. The smallest absolute Gasteiger partial charge is 0.309 e. The predicted molar refractivity (Wildman–Crippen MR) is 160 cm³/mol. The van der Waals surface area contributed by atoms with Crippen molar-refractivity contribution < 1.29 is 57.1 Å². The molecule has 0 radical (unpaired) electrons. The van der Waals surface area contributed by atoms with E-state index in [0.29, 0.717) is 38.5 Å². The summed E-state index contributed by atoms with van der Waals surface area (Å²) in [5.41, 5.74) is -0.916. The van der Waals surface area contributed by atoms with Gasteiger partial charge in [0.05, 0.1) is 85.7 Å². The average Bonchev–Trinajstić information content (AvgIpc) is 3.90. The fourth-order valence-electron chi connectivity index (χ4n) is 8.58. The highest BCUT2D eigenvalue weighted by Gasteiger charge is 2.50. The summed E-state index contributed by atoms with van der Waals surface area (Å²) in [5.74, 6) is -2.00. The Hall–Kier alpha value is -2.28. The van der Waals surface area contributed by atoms with Crippen LogP contribution in [0.5, 0.6) is 0 Å². The number of hydrogen-bond acceptors (Lipinski definition) is 12. The molecular formula is C35H48O12. The summed E-state index contributed by atoms with van der Waals surface area (Å²) in [6.45, 7) is 0.0528. The van der Waals surface area contributed by atoms with Crippen LogP contribution in [0.1, 0.15) is 89.9 Å². The Morgan fingerprint density at radius 2 is 0.723 bits per heavy atom. The standard InChI is InChI=1S/C35H48O12/c36-31(19-1-5-23-27(13-19)44-23)40-11-9-35(17-42-33(38)21-3-7-25-29(15-21)46-25,18-43-34(39)22-4-8-26-30(16-22)47-26)10-12-41-32(37)20-2-6-24-28(14-20)45-24/h19-30H,1-18H2. The first kappa shape index (κ1) is 32.0. The van der Waals surface area contributed by atoms with E-state index in [1.165, 1.54) is 0 Å². The molecule has 0 bridgehead atoms. The Bertz CT molecular complexity index is 1130. The Kier molecular flexibility index (Phi) is 8.98. The van der Waals surface area contributed by atoms with Crippen LogP contribution in [-0.2, 0) is 57.1 Å². The molecule has 4 heterocycles. The third-order valence-corrected chi connectivity index (χ3v) is 12.1. The molecule has 8 aliphatic rings. The first-order chi connectivity index (χ1) is 22.8. The van der Waals surface area contributed by atoms with Crippen LogP contribution in [0.2, 0.25) is 0 Å². The van der Waals surface area contributed by atoms with Crippen LogP contribution in [0, 0.1) is 29.1 Å². The second kappa shape index (κ2) is 13.2. The minimum absolute atomic E-state index is 0.0415. The van der Waals surface area contributed by atoms with Crippen LogP contribution in [0.25, 0.3) is 0 Å². The van der Waals surface area contributed by atoms with E-state index in [1.54, 1.807) is 0 Å². The molecule has 8 fully saturated rings. The summed E-state index contributed by atoms with van der Waals surface area (Å²) in [4.78, 5) is 52.6. The predicted octanol–water partition coefficient (Wildman–Crippen LogP) is 3.20. The SMILES string of the molecule is O=C(OCCC(CCOC(=O)C1CCC2OC2C1)(COC(=O)C1CCC2OC2C1)COC(=O)C1CCC2OC2C1)C1CCC2OC2C1. The molecule has 0 aromatic carbocycles. The summed E-state index contributed by atoms with van der Waals surface area (Å²) in [5, 5.41) is 0. The lowest BCUT2D eigenvalue weighted by Crippen LogP contribution is -2.40. The first-order valence-corrected chi connectivity index (χ1v) is 18.1. The van der Waals surface area contributed by atoms with Gasteiger partial charge < -0.3 is 37.9 Å². The zero-order chi connectivity index (χ0) is 32.1. The molecule has 0 amide bonds. The number of epoxide rings is 4. The van der Waals surface area contributed by atoms with Gasteiger partial charge in [-0.2, -0.15) is 0 Å². The molecule has 4 aliphatic carbocycles. The Morgan fingerprint density at radius 1 is 0.426 bits per heavy atom. The van der Waals surface area contributed by atoms with Crippen molar-refractivity contribution in [2.75, 3.05) is 26.4 Å². The molecule has 4 saturated heterocycles. The van der Waals surface area contributed by atoms with Crippen molar-refractivity contribution in [3.63, 3.8) is 0 Å². The molecule has 0 N–H and O–H groups in total. The van der Waals surface area contributed by atoms with E-state index in [0.717, 1.165) is 38.5 Å². The van der Waals surface area contributed by atoms with Gasteiger partial charge in [0, 0.05) is 5.41 Å². The van der Waals surface area contributed by atoms with E-state index in [-0.39, 0.29) is 136 Å². The van der Waals surface area contributed by atoms with Crippen LogP contribution in [0.3, 0.4) is 0 Å². The lowest BCUT2D eigenvalue weighted by Gasteiger charge is -2.34. The Morgan fingerprint density at radius 3 is 1.02 bits per heavy atom. The van der Waals surface area contributed by atoms with Gasteiger partial charge in [0.2, 0.25) is 0 Å². The van der Waals surface area contributed by atoms with Gasteiger partial charge in [-0.1, -0.05) is 0 Å². The summed E-state index contributed by atoms with van der Waals surface area (Å²) in [6, 6.07) is 0. The van der Waals surface area contributed by atoms with E-state index in [4.69, 9.17) is 37.9 Å². The van der Waals surface area contributed by atoms with E-state index in [9.17, 15) is 19.2 Å². The van der Waals surface area contributed by atoms with Crippen LogP contribution >= 0.6 is 0 Å². The molecule has 47 heavy (non-hydrogen) atoms. The fourth-order valence-corrected chi connectivity index (χ4v) is 8.58. The van der Waals surface area contributed by atoms with Gasteiger partial charge in [-0.05, 0) is 89.9 Å². The van der Waals surface area contributed by atoms with Crippen molar-refractivity contribution in [2.45, 2.75) is 139 Å². The fraction of sp³-hybridized carbons (Fsp3) is 0.886. The normalized spacial score (nSPS) is 41.7. The Labute approximate surface area is 275 Å². The van der Waals surface area contributed by atoms with Gasteiger partial charge in [0.25, 0.3) is 0 Å². The third-order valence-electron chi connectivity index (χ3n) is 12.1. The molecule has 260 valence electrons. The largest absolute Gasteiger partial charge is 0.465 e. The minimum atomic E-state index is -0.916. The summed E-state index contributed by atoms with van der Waals surface area (Å²) in [7, 11) is 0. The van der Waals surface area contributed by atoms with Gasteiger partial charge in [-0.3, -0.25) is 19.2 Å². The molecule has 4 saturated carbocycles. The van der Waals surface area contributed by atoms with Gasteiger partial charge in [0.1, 0.15) is 13.2 Å². The summed E-state index contributed by atoms with van der Waals surface area (Å²) >= 11 is 0. The van der Waals surface area contributed by atoms with Crippen molar-refractivity contribution in [2.24, 2.45) is 29.1 Å². The maximum Gasteiger partial charge on any atom is 0.309 e. The number of carbonyl (C=O) groups is 4. The maximum atomic E-state index is 13.3. The zero-order valence-corrected chi connectivity index (χ0v) is 27.1. The van der Waals surface area contributed by atoms with Gasteiger partial charge >= 0.3 is 23.9 Å². The molecule has 12 heteroatoms. The zero-order valence-electron chi connectivity index (χ0n) is 27.1. The number of carbonyl (C=O) groups excluding carboxylic acids is 4. The van der Waals surface area contributed by atoms with E-state index in [2.05, 4.69) is 0 Å². The number of hydrogen-bond donors (Lipinski definition) is 0. The van der Waals surface area contributed by atoms with Crippen molar-refractivity contribution in [1.82, 2.24) is 0 Å². The van der Waals surface area contributed by atoms with Gasteiger partial charge in [-0.15, -0.1) is 0 Å². The van der Waals surface area contributed by atoms with Crippen LogP contribution < -0.4 is 0 Å². The van der Waals surface area contributed by atoms with Gasteiger partial charge in [0.15, 0.2) is 0 Å². The molecule has 0 aromatic rings. The maximum absolute atomic E-state index is 13.3.